The zero-order chi connectivity index (χ0) is 22.7. The van der Waals surface area contributed by atoms with Gasteiger partial charge in [-0.15, -0.1) is 0 Å². The van der Waals surface area contributed by atoms with Crippen LogP contribution in [0.3, 0.4) is 0 Å². The summed E-state index contributed by atoms with van der Waals surface area (Å²) in [6.07, 6.45) is 1.80. The van der Waals surface area contributed by atoms with E-state index in [9.17, 15) is 9.60 Å². The number of anilines is 2. The van der Waals surface area contributed by atoms with Gasteiger partial charge in [0.2, 0.25) is 5.95 Å². The number of rotatable bonds is 6. The van der Waals surface area contributed by atoms with E-state index in [1.807, 2.05) is 0 Å². The van der Waals surface area contributed by atoms with E-state index in [2.05, 4.69) is 49.5 Å². The van der Waals surface area contributed by atoms with Gasteiger partial charge >= 0.3 is 0 Å². The molecule has 2 aromatic heterocycles. The summed E-state index contributed by atoms with van der Waals surface area (Å²) in [7, 11) is 0. The van der Waals surface area contributed by atoms with Crippen LogP contribution < -0.4 is 10.6 Å². The molecule has 0 bridgehead atoms. The van der Waals surface area contributed by atoms with Crippen LogP contribution in [0.4, 0.5) is 16.0 Å². The Morgan fingerprint density at radius 3 is 3.03 bits per heavy atom. The number of H-pyrrole nitrogens is 1. The first-order chi connectivity index (χ1) is 15.4. The monoisotopic (exact) mass is 461 g/mol. The fourth-order valence-electron chi connectivity index (χ4n) is 3.65. The summed E-state index contributed by atoms with van der Waals surface area (Å²) >= 11 is 5.84. The highest BCUT2D eigenvalue weighted by atomic mass is 35.5. The van der Waals surface area contributed by atoms with Gasteiger partial charge in [0.15, 0.2) is 11.5 Å². The summed E-state index contributed by atoms with van der Waals surface area (Å²) in [5.74, 6) is 0.179. The highest BCUT2D eigenvalue weighted by molar-refractivity contribution is 6.31. The normalized spacial score (nSPS) is 19.9. The lowest BCUT2D eigenvalue weighted by Crippen LogP contribution is -2.48. The number of nitrogens with one attached hydrogen (secondary N) is 3. The van der Waals surface area contributed by atoms with Crippen LogP contribution in [0.1, 0.15) is 19.4 Å². The van der Waals surface area contributed by atoms with Crippen molar-refractivity contribution < 1.29 is 14.3 Å². The Bertz CT molecular complexity index is 1120. The topological polar surface area (TPSA) is 111 Å². The maximum Gasteiger partial charge on any atom is 0.202 e. The molecule has 0 saturated carbocycles. The van der Waals surface area contributed by atoms with Gasteiger partial charge in [0, 0.05) is 43.1 Å². The molecule has 0 amide bonds. The molecule has 0 spiro atoms. The molecule has 1 aliphatic rings. The molecular formula is C21H25ClFN7O2. The molecule has 4 N–H and O–H groups in total. The van der Waals surface area contributed by atoms with Gasteiger partial charge in [-0.25, -0.2) is 9.37 Å². The third-order valence-electron chi connectivity index (χ3n) is 5.36. The number of ether oxygens (including phenoxy) is 1. The molecule has 3 heterocycles. The molecule has 1 aliphatic heterocycles. The number of oxime groups is 1. The van der Waals surface area contributed by atoms with Crippen molar-refractivity contribution in [3.8, 4) is 0 Å². The molecule has 11 heteroatoms. The summed E-state index contributed by atoms with van der Waals surface area (Å²) in [5, 5.41) is 19.2. The number of hydrogen-bond acceptors (Lipinski definition) is 7. The molecule has 1 aromatic carbocycles. The van der Waals surface area contributed by atoms with E-state index in [1.54, 1.807) is 12.3 Å². The van der Waals surface area contributed by atoms with Crippen molar-refractivity contribution in [2.45, 2.75) is 26.0 Å². The van der Waals surface area contributed by atoms with Crippen molar-refractivity contribution in [1.29, 1.82) is 0 Å². The zero-order valence-electron chi connectivity index (χ0n) is 17.8. The molecular weight excluding hydrogens is 437 g/mol. The Labute approximate surface area is 189 Å². The second kappa shape index (κ2) is 9.68. The summed E-state index contributed by atoms with van der Waals surface area (Å²) in [6.45, 7) is 7.40. The smallest absolute Gasteiger partial charge is 0.202 e. The maximum atomic E-state index is 13.4. The Kier molecular flexibility index (Phi) is 6.73. The minimum Gasteiger partial charge on any atom is -0.409 e. The van der Waals surface area contributed by atoms with Crippen LogP contribution in [0.5, 0.6) is 0 Å². The minimum atomic E-state index is -0.531. The van der Waals surface area contributed by atoms with Gasteiger partial charge < -0.3 is 25.6 Å². The summed E-state index contributed by atoms with van der Waals surface area (Å²) in [6, 6.07) is 6.20. The number of nitrogens with zero attached hydrogens (tertiary/aromatic N) is 4. The van der Waals surface area contributed by atoms with Crippen molar-refractivity contribution in [1.82, 2.24) is 19.9 Å². The number of benzene rings is 1. The van der Waals surface area contributed by atoms with Crippen LogP contribution in [-0.2, 0) is 4.74 Å². The van der Waals surface area contributed by atoms with Gasteiger partial charge in [-0.2, -0.15) is 4.98 Å². The van der Waals surface area contributed by atoms with Crippen LogP contribution in [0.2, 0.25) is 5.02 Å². The van der Waals surface area contributed by atoms with Crippen molar-refractivity contribution in [3.63, 3.8) is 0 Å². The molecule has 0 radical (unpaired) electrons. The number of amidine groups is 1. The van der Waals surface area contributed by atoms with E-state index >= 15 is 0 Å². The second-order valence-corrected chi connectivity index (χ2v) is 8.17. The number of fused-ring (bicyclic) bond motifs is 1. The highest BCUT2D eigenvalue weighted by Crippen LogP contribution is 2.22. The van der Waals surface area contributed by atoms with E-state index in [4.69, 9.17) is 16.3 Å². The quantitative estimate of drug-likeness (QED) is 0.192. The lowest BCUT2D eigenvalue weighted by atomic mass is 10.2. The fraction of sp³-hybridized carbons (Fsp3) is 0.381. The van der Waals surface area contributed by atoms with Crippen molar-refractivity contribution in [2.24, 2.45) is 5.16 Å². The number of morpholine rings is 1. The number of hydrogen-bond donors (Lipinski definition) is 4. The van der Waals surface area contributed by atoms with Crippen LogP contribution in [0.25, 0.3) is 11.2 Å². The second-order valence-electron chi connectivity index (χ2n) is 7.76. The van der Waals surface area contributed by atoms with Gasteiger partial charge in [0.25, 0.3) is 0 Å². The lowest BCUT2D eigenvalue weighted by Gasteiger charge is -2.36. The fourth-order valence-corrected chi connectivity index (χ4v) is 3.83. The first kappa shape index (κ1) is 22.3. The summed E-state index contributed by atoms with van der Waals surface area (Å²) < 4.78 is 19.1. The van der Waals surface area contributed by atoms with Crippen molar-refractivity contribution in [3.05, 3.63) is 46.9 Å². The van der Waals surface area contributed by atoms with Crippen molar-refractivity contribution in [2.75, 3.05) is 36.9 Å². The van der Waals surface area contributed by atoms with E-state index in [0.717, 1.165) is 19.7 Å². The molecule has 3 aromatic rings. The molecule has 1 fully saturated rings. The van der Waals surface area contributed by atoms with E-state index < -0.39 is 5.82 Å². The minimum absolute atomic E-state index is 0.0378. The molecule has 2 unspecified atom stereocenters. The first-order valence-electron chi connectivity index (χ1n) is 10.3. The Hall–Kier alpha value is -2.95. The van der Waals surface area contributed by atoms with Crippen LogP contribution in [0, 0.1) is 5.82 Å². The average Bonchev–Trinajstić information content (AvgIpc) is 3.20. The lowest BCUT2D eigenvalue weighted by molar-refractivity contribution is -0.0476. The number of imidazole rings is 1. The molecule has 2 atom stereocenters. The van der Waals surface area contributed by atoms with E-state index in [0.29, 0.717) is 40.9 Å². The third kappa shape index (κ3) is 4.93. The predicted octanol–water partition coefficient (Wildman–Crippen LogP) is 3.52. The third-order valence-corrected chi connectivity index (χ3v) is 5.65. The SMILES string of the molecule is CC1CN(CCNc2nc3nccc(/C(=N/O)Nc4ccc(F)c(Cl)c4)c3[nH]2)C(C)CO1. The van der Waals surface area contributed by atoms with Crippen LogP contribution >= 0.6 is 11.6 Å². The Morgan fingerprint density at radius 1 is 1.41 bits per heavy atom. The summed E-state index contributed by atoms with van der Waals surface area (Å²) in [4.78, 5) is 14.3. The standard InChI is InChI=1S/C21H25ClFN7O2/c1-12-11-32-13(2)10-30(12)8-7-25-21-27-18-15(5-6-24-20(18)28-21)19(29-31)26-14-3-4-17(23)16(22)9-14/h3-6,9,12-13,31H,7-8,10-11H2,1-2H3,(H,26,29)(H2,24,25,27,28). The Morgan fingerprint density at radius 2 is 2.25 bits per heavy atom. The molecule has 0 aliphatic carbocycles. The van der Waals surface area contributed by atoms with Gasteiger partial charge in [-0.1, -0.05) is 16.8 Å². The van der Waals surface area contributed by atoms with Gasteiger partial charge in [0.05, 0.1) is 23.3 Å². The predicted molar refractivity (Wildman–Crippen MR) is 122 cm³/mol. The Balaban J connectivity index is 1.48. The van der Waals surface area contributed by atoms with E-state index in [1.165, 1.54) is 18.2 Å². The summed E-state index contributed by atoms with van der Waals surface area (Å²) in [5.41, 5.74) is 2.09. The molecule has 4 rings (SSSR count). The molecule has 1 saturated heterocycles. The zero-order valence-corrected chi connectivity index (χ0v) is 18.5. The first-order valence-corrected chi connectivity index (χ1v) is 10.7. The molecule has 9 nitrogen and oxygen atoms in total. The van der Waals surface area contributed by atoms with Crippen LogP contribution in [0.15, 0.2) is 35.6 Å². The van der Waals surface area contributed by atoms with Gasteiger partial charge in [-0.05, 0) is 38.1 Å². The van der Waals surface area contributed by atoms with Crippen LogP contribution in [-0.4, -0.2) is 69.3 Å². The largest absolute Gasteiger partial charge is 0.409 e. The number of halogens is 2. The number of aromatic nitrogens is 3. The highest BCUT2D eigenvalue weighted by Gasteiger charge is 2.23. The molecule has 32 heavy (non-hydrogen) atoms. The average molecular weight is 462 g/mol. The molecule has 170 valence electrons. The van der Waals surface area contributed by atoms with Gasteiger partial charge in [-0.3, -0.25) is 4.90 Å². The number of pyridine rings is 1. The number of aromatic amines is 1. The van der Waals surface area contributed by atoms with E-state index in [-0.39, 0.29) is 17.0 Å². The van der Waals surface area contributed by atoms with Gasteiger partial charge in [0.1, 0.15) is 5.82 Å². The maximum absolute atomic E-state index is 13.4. The van der Waals surface area contributed by atoms with Crippen molar-refractivity contribution >= 4 is 40.2 Å².